The molecule has 2 N–H and O–H groups in total. The zero-order valence-electron chi connectivity index (χ0n) is 14.8. The van der Waals surface area contributed by atoms with Crippen LogP contribution in [0.5, 0.6) is 0 Å². The molecule has 0 saturated heterocycles. The third-order valence-electron chi connectivity index (χ3n) is 3.88. The second-order valence-corrected chi connectivity index (χ2v) is 7.58. The van der Waals surface area contributed by atoms with Crippen molar-refractivity contribution < 1.29 is 13.3 Å². The van der Waals surface area contributed by atoms with E-state index in [2.05, 4.69) is 20.0 Å². The lowest BCUT2D eigenvalue weighted by Crippen LogP contribution is -2.15. The van der Waals surface area contributed by atoms with Crippen LogP contribution in [-0.4, -0.2) is 23.3 Å². The molecule has 0 amide bonds. The van der Waals surface area contributed by atoms with Gasteiger partial charge >= 0.3 is 0 Å². The van der Waals surface area contributed by atoms with Gasteiger partial charge in [0.25, 0.3) is 15.7 Å². The van der Waals surface area contributed by atoms with Gasteiger partial charge in [0.2, 0.25) is 5.95 Å². The average Bonchev–Trinajstić information content (AvgIpc) is 2.68. The van der Waals surface area contributed by atoms with E-state index in [1.54, 1.807) is 0 Å². The molecular weight excluding hydrogens is 382 g/mol. The molecule has 0 aliphatic rings. The highest BCUT2D eigenvalue weighted by Crippen LogP contribution is 2.21. The first-order valence-electron chi connectivity index (χ1n) is 8.27. The van der Waals surface area contributed by atoms with Gasteiger partial charge in [-0.1, -0.05) is 36.4 Å². The van der Waals surface area contributed by atoms with Crippen molar-refractivity contribution in [3.05, 3.63) is 82.5 Å². The smallest absolute Gasteiger partial charge is 0.270 e. The molecule has 1 unspecified atom stereocenters. The lowest BCUT2D eigenvalue weighted by Gasteiger charge is -2.15. The van der Waals surface area contributed by atoms with Gasteiger partial charge in [0.1, 0.15) is 5.82 Å². The van der Waals surface area contributed by atoms with E-state index in [-0.39, 0.29) is 28.4 Å². The minimum Gasteiger partial charge on any atom is -0.348 e. The molecule has 3 aromatic rings. The van der Waals surface area contributed by atoms with Crippen LogP contribution >= 0.6 is 0 Å². The number of rotatable bonds is 7. The largest absolute Gasteiger partial charge is 0.348 e. The van der Waals surface area contributed by atoms with Crippen LogP contribution in [-0.2, 0) is 10.0 Å². The fourth-order valence-corrected chi connectivity index (χ4v) is 3.51. The zero-order valence-corrected chi connectivity index (χ0v) is 15.6. The van der Waals surface area contributed by atoms with Gasteiger partial charge in [-0.25, -0.2) is 13.4 Å². The van der Waals surface area contributed by atoms with E-state index >= 15 is 0 Å². The van der Waals surface area contributed by atoms with Crippen LogP contribution in [0.25, 0.3) is 0 Å². The monoisotopic (exact) mass is 399 g/mol. The molecule has 1 aromatic heterocycles. The van der Waals surface area contributed by atoms with Gasteiger partial charge in [-0.2, -0.15) is 4.98 Å². The number of nitrogens with one attached hydrogen (secondary N) is 2. The number of nitro groups is 1. The Labute approximate surface area is 161 Å². The Morgan fingerprint density at radius 3 is 2.54 bits per heavy atom. The molecule has 0 fully saturated rings. The van der Waals surface area contributed by atoms with E-state index in [9.17, 15) is 18.5 Å². The molecule has 0 aliphatic heterocycles. The van der Waals surface area contributed by atoms with Crippen molar-refractivity contribution in [3.8, 4) is 0 Å². The molecule has 28 heavy (non-hydrogen) atoms. The number of benzene rings is 2. The molecule has 1 atom stereocenters. The number of hydrogen-bond donors (Lipinski definition) is 2. The van der Waals surface area contributed by atoms with Crippen LogP contribution < -0.4 is 10.0 Å². The van der Waals surface area contributed by atoms with E-state index in [1.807, 2.05) is 37.3 Å². The third-order valence-corrected chi connectivity index (χ3v) is 5.23. The molecule has 144 valence electrons. The summed E-state index contributed by atoms with van der Waals surface area (Å²) >= 11 is 0. The molecule has 10 heteroatoms. The molecule has 0 bridgehead atoms. The van der Waals surface area contributed by atoms with Gasteiger partial charge in [0, 0.05) is 18.3 Å². The Hall–Kier alpha value is -3.53. The number of nitro benzene ring substituents is 1. The lowest BCUT2D eigenvalue weighted by molar-refractivity contribution is -0.385. The quantitative estimate of drug-likeness (QED) is 0.460. The average molecular weight is 399 g/mol. The Morgan fingerprint density at radius 2 is 1.82 bits per heavy atom. The van der Waals surface area contributed by atoms with Crippen molar-refractivity contribution in [2.45, 2.75) is 17.9 Å². The van der Waals surface area contributed by atoms with Crippen LogP contribution in [0.3, 0.4) is 0 Å². The number of nitrogens with zero attached hydrogens (tertiary/aromatic N) is 3. The maximum absolute atomic E-state index is 12.5. The van der Waals surface area contributed by atoms with Gasteiger partial charge in [0.05, 0.1) is 15.9 Å². The Morgan fingerprint density at radius 1 is 1.07 bits per heavy atom. The normalized spacial score (nSPS) is 12.2. The second kappa shape index (κ2) is 8.01. The highest BCUT2D eigenvalue weighted by Gasteiger charge is 2.18. The molecule has 0 radical (unpaired) electrons. The summed E-state index contributed by atoms with van der Waals surface area (Å²) in [4.78, 5) is 18.2. The molecule has 1 heterocycles. The summed E-state index contributed by atoms with van der Waals surface area (Å²) < 4.78 is 27.3. The summed E-state index contributed by atoms with van der Waals surface area (Å²) in [5.74, 6) is 0.292. The van der Waals surface area contributed by atoms with Crippen molar-refractivity contribution in [2.75, 3.05) is 10.0 Å². The van der Waals surface area contributed by atoms with E-state index in [0.29, 0.717) is 0 Å². The highest BCUT2D eigenvalue weighted by molar-refractivity contribution is 7.92. The summed E-state index contributed by atoms with van der Waals surface area (Å²) in [6.07, 6.45) is 1.42. The predicted molar refractivity (Wildman–Crippen MR) is 104 cm³/mol. The first-order chi connectivity index (χ1) is 13.3. The second-order valence-electron chi connectivity index (χ2n) is 5.90. The summed E-state index contributed by atoms with van der Waals surface area (Å²) in [5.41, 5.74) is 0.707. The molecular formula is C18H17N5O4S. The maximum atomic E-state index is 12.5. The van der Waals surface area contributed by atoms with Crippen LogP contribution in [0, 0.1) is 10.1 Å². The first kappa shape index (κ1) is 19.2. The SMILES string of the molecule is CC(Nc1nccc(NS(=O)(=O)c2cccc([N+](=O)[O-])c2)n1)c1ccccc1. The lowest BCUT2D eigenvalue weighted by atomic mass is 10.1. The van der Waals surface area contributed by atoms with Crippen LogP contribution in [0.4, 0.5) is 17.5 Å². The first-order valence-corrected chi connectivity index (χ1v) is 9.75. The van der Waals surface area contributed by atoms with Crippen molar-refractivity contribution >= 4 is 27.5 Å². The fourth-order valence-electron chi connectivity index (χ4n) is 2.46. The number of hydrogen-bond acceptors (Lipinski definition) is 7. The summed E-state index contributed by atoms with van der Waals surface area (Å²) in [6.45, 7) is 1.93. The highest BCUT2D eigenvalue weighted by atomic mass is 32.2. The topological polar surface area (TPSA) is 127 Å². The molecule has 2 aromatic carbocycles. The third kappa shape index (κ3) is 4.60. The number of non-ortho nitro benzene ring substituents is 1. The van der Waals surface area contributed by atoms with Crippen molar-refractivity contribution in [1.29, 1.82) is 0 Å². The molecule has 0 saturated carbocycles. The van der Waals surface area contributed by atoms with Crippen LogP contribution in [0.1, 0.15) is 18.5 Å². The minimum atomic E-state index is -4.04. The zero-order chi connectivity index (χ0) is 20.1. The standard InChI is InChI=1S/C18H17N5O4S/c1-13(14-6-3-2-4-7-14)20-18-19-11-10-17(21-18)22-28(26,27)16-9-5-8-15(12-16)23(24)25/h2-13H,1H3,(H2,19,20,21,22). The minimum absolute atomic E-state index is 0.0456. The maximum Gasteiger partial charge on any atom is 0.270 e. The van der Waals surface area contributed by atoms with Crippen LogP contribution in [0.2, 0.25) is 0 Å². The Bertz CT molecular complexity index is 1090. The van der Waals surface area contributed by atoms with Crippen LogP contribution in [0.15, 0.2) is 71.8 Å². The summed E-state index contributed by atoms with van der Waals surface area (Å²) in [7, 11) is -4.04. The molecule has 3 rings (SSSR count). The van der Waals surface area contributed by atoms with E-state index < -0.39 is 14.9 Å². The molecule has 0 aliphatic carbocycles. The van der Waals surface area contributed by atoms with E-state index in [1.165, 1.54) is 30.5 Å². The van der Waals surface area contributed by atoms with Gasteiger partial charge in [-0.15, -0.1) is 0 Å². The summed E-state index contributed by atoms with van der Waals surface area (Å²) in [6, 6.07) is 15.7. The number of sulfonamides is 1. The van der Waals surface area contributed by atoms with E-state index in [0.717, 1.165) is 11.6 Å². The van der Waals surface area contributed by atoms with E-state index in [4.69, 9.17) is 0 Å². The molecule has 9 nitrogen and oxygen atoms in total. The Balaban J connectivity index is 1.78. The summed E-state index contributed by atoms with van der Waals surface area (Å²) in [5, 5.41) is 14.0. The van der Waals surface area contributed by atoms with Crippen molar-refractivity contribution in [2.24, 2.45) is 0 Å². The van der Waals surface area contributed by atoms with Crippen molar-refractivity contribution in [3.63, 3.8) is 0 Å². The fraction of sp³-hybridized carbons (Fsp3) is 0.111. The molecule has 0 spiro atoms. The number of aromatic nitrogens is 2. The number of anilines is 2. The van der Waals surface area contributed by atoms with Gasteiger partial charge in [0.15, 0.2) is 0 Å². The van der Waals surface area contributed by atoms with Crippen molar-refractivity contribution in [1.82, 2.24) is 9.97 Å². The van der Waals surface area contributed by atoms with Gasteiger partial charge < -0.3 is 5.32 Å². The predicted octanol–water partition coefficient (Wildman–Crippen LogP) is 3.36. The van der Waals surface area contributed by atoms with Gasteiger partial charge in [-0.3, -0.25) is 14.8 Å². The van der Waals surface area contributed by atoms with Gasteiger partial charge in [-0.05, 0) is 24.6 Å². The Kier molecular flexibility index (Phi) is 5.50.